The number of fused-ring (bicyclic) bond motifs is 1. The van der Waals surface area contributed by atoms with Crippen molar-refractivity contribution in [1.29, 1.82) is 0 Å². The Hall–Kier alpha value is -2.65. The molecule has 0 aliphatic heterocycles. The summed E-state index contributed by atoms with van der Waals surface area (Å²) in [5, 5.41) is 13.8. The first kappa shape index (κ1) is 20.1. The van der Waals surface area contributed by atoms with Gasteiger partial charge in [-0.1, -0.05) is 43.8 Å². The fourth-order valence-corrected chi connectivity index (χ4v) is 4.50. The number of nitrogens with one attached hydrogen (secondary N) is 2. The molecule has 3 rings (SSSR count). The summed E-state index contributed by atoms with van der Waals surface area (Å²) in [4.78, 5) is 43.0. The van der Waals surface area contributed by atoms with Crippen LogP contribution in [0.3, 0.4) is 0 Å². The van der Waals surface area contributed by atoms with E-state index < -0.39 is 11.5 Å². The largest absolute Gasteiger partial charge is 0.478 e. The van der Waals surface area contributed by atoms with Gasteiger partial charge in [-0.25, -0.2) is 9.78 Å². The second-order valence-corrected chi connectivity index (χ2v) is 7.82. The van der Waals surface area contributed by atoms with Crippen LogP contribution in [0.1, 0.15) is 35.3 Å². The number of thiophene rings is 1. The maximum Gasteiger partial charge on any atom is 0.337 e. The lowest BCUT2D eigenvalue weighted by Crippen LogP contribution is -2.17. The Morgan fingerprint density at radius 3 is 2.54 bits per heavy atom. The molecule has 7 nitrogen and oxygen atoms in total. The van der Waals surface area contributed by atoms with Crippen LogP contribution in [0.25, 0.3) is 10.2 Å². The first-order chi connectivity index (χ1) is 13.4. The minimum atomic E-state index is -1.17. The number of anilines is 1. The summed E-state index contributed by atoms with van der Waals surface area (Å²) in [6.07, 6.45) is 1.62. The topological polar surface area (TPSA) is 112 Å². The van der Waals surface area contributed by atoms with E-state index in [1.165, 1.54) is 5.38 Å². The lowest BCUT2D eigenvalue weighted by molar-refractivity contribution is -0.113. The number of carbonyl (C=O) groups excluding carboxylic acids is 1. The molecule has 0 radical (unpaired) electrons. The SMILES string of the molecule is CCc1cccc(CC)c1NC(=O)CSc1nc2scc(C(=O)O)c2c(=O)[nH]1. The van der Waals surface area contributed by atoms with Crippen LogP contribution in [0.15, 0.2) is 33.5 Å². The van der Waals surface area contributed by atoms with Crippen LogP contribution in [0.2, 0.25) is 0 Å². The molecule has 3 N–H and O–H groups in total. The van der Waals surface area contributed by atoms with Gasteiger partial charge in [0, 0.05) is 11.1 Å². The molecular weight excluding hydrogens is 398 g/mol. The van der Waals surface area contributed by atoms with E-state index >= 15 is 0 Å². The van der Waals surface area contributed by atoms with Crippen molar-refractivity contribution in [2.75, 3.05) is 11.1 Å². The molecule has 1 amide bonds. The first-order valence-electron chi connectivity index (χ1n) is 8.72. The van der Waals surface area contributed by atoms with Gasteiger partial charge in [-0.15, -0.1) is 11.3 Å². The molecule has 2 heterocycles. The third kappa shape index (κ3) is 4.10. The number of benzene rings is 1. The van der Waals surface area contributed by atoms with Gasteiger partial charge in [0.2, 0.25) is 5.91 Å². The Bertz CT molecular complexity index is 1080. The summed E-state index contributed by atoms with van der Waals surface area (Å²) in [6, 6.07) is 5.97. The van der Waals surface area contributed by atoms with Gasteiger partial charge in [-0.2, -0.15) is 0 Å². The van der Waals surface area contributed by atoms with E-state index in [1.807, 2.05) is 32.0 Å². The van der Waals surface area contributed by atoms with Crippen molar-refractivity contribution in [3.05, 3.63) is 50.6 Å². The number of amides is 1. The van der Waals surface area contributed by atoms with Crippen molar-refractivity contribution in [2.24, 2.45) is 0 Å². The molecule has 0 unspecified atom stereocenters. The van der Waals surface area contributed by atoms with Gasteiger partial charge in [0.1, 0.15) is 4.83 Å². The number of aromatic amines is 1. The van der Waals surface area contributed by atoms with E-state index in [9.17, 15) is 14.4 Å². The van der Waals surface area contributed by atoms with Crippen molar-refractivity contribution >= 4 is 50.9 Å². The average Bonchev–Trinajstić information content (AvgIpc) is 3.11. The number of aromatic nitrogens is 2. The summed E-state index contributed by atoms with van der Waals surface area (Å²) < 4.78 is 0. The van der Waals surface area contributed by atoms with Crippen LogP contribution in [0.5, 0.6) is 0 Å². The zero-order chi connectivity index (χ0) is 20.3. The molecule has 0 fully saturated rings. The highest BCUT2D eigenvalue weighted by molar-refractivity contribution is 7.99. The van der Waals surface area contributed by atoms with Gasteiger partial charge in [-0.3, -0.25) is 9.59 Å². The van der Waals surface area contributed by atoms with E-state index in [0.29, 0.717) is 4.83 Å². The number of aromatic carboxylic acids is 1. The van der Waals surface area contributed by atoms with Crippen molar-refractivity contribution < 1.29 is 14.7 Å². The molecule has 1 aromatic carbocycles. The highest BCUT2D eigenvalue weighted by Gasteiger charge is 2.17. The molecule has 2 aromatic heterocycles. The summed E-state index contributed by atoms with van der Waals surface area (Å²) >= 11 is 2.19. The molecule has 0 saturated heterocycles. The van der Waals surface area contributed by atoms with E-state index in [1.54, 1.807) is 0 Å². The fourth-order valence-electron chi connectivity index (χ4n) is 2.87. The van der Waals surface area contributed by atoms with E-state index in [0.717, 1.165) is 52.8 Å². The second kappa shape index (κ2) is 8.57. The van der Waals surface area contributed by atoms with Crippen molar-refractivity contribution in [2.45, 2.75) is 31.8 Å². The smallest absolute Gasteiger partial charge is 0.337 e. The maximum absolute atomic E-state index is 12.4. The van der Waals surface area contributed by atoms with Gasteiger partial charge in [0.05, 0.1) is 16.7 Å². The van der Waals surface area contributed by atoms with Gasteiger partial charge >= 0.3 is 5.97 Å². The van der Waals surface area contributed by atoms with Gasteiger partial charge in [-0.05, 0) is 24.0 Å². The second-order valence-electron chi connectivity index (χ2n) is 6.00. The number of rotatable bonds is 7. The maximum atomic E-state index is 12.4. The Balaban J connectivity index is 1.75. The molecule has 0 saturated carbocycles. The average molecular weight is 418 g/mol. The molecular formula is C19H19N3O4S2. The summed E-state index contributed by atoms with van der Waals surface area (Å²) in [6.45, 7) is 4.07. The van der Waals surface area contributed by atoms with Gasteiger partial charge < -0.3 is 15.4 Å². The number of nitrogens with zero attached hydrogens (tertiary/aromatic N) is 1. The number of carboxylic acid groups (broad SMARTS) is 1. The number of carboxylic acids is 1. The molecule has 3 aromatic rings. The van der Waals surface area contributed by atoms with Crippen LogP contribution in [0, 0.1) is 0 Å². The lowest BCUT2D eigenvalue weighted by atomic mass is 10.0. The Morgan fingerprint density at radius 1 is 1.25 bits per heavy atom. The highest BCUT2D eigenvalue weighted by atomic mass is 32.2. The van der Waals surface area contributed by atoms with Crippen molar-refractivity contribution in [3.8, 4) is 0 Å². The van der Waals surface area contributed by atoms with Crippen LogP contribution in [0.4, 0.5) is 5.69 Å². The van der Waals surface area contributed by atoms with Crippen molar-refractivity contribution in [1.82, 2.24) is 9.97 Å². The zero-order valence-corrected chi connectivity index (χ0v) is 17.0. The molecule has 0 atom stereocenters. The third-order valence-corrected chi connectivity index (χ3v) is 6.00. The number of hydrogen-bond acceptors (Lipinski definition) is 6. The fraction of sp³-hybridized carbons (Fsp3) is 0.263. The predicted molar refractivity (Wildman–Crippen MR) is 112 cm³/mol. The highest BCUT2D eigenvalue weighted by Crippen LogP contribution is 2.25. The monoisotopic (exact) mass is 417 g/mol. The molecule has 28 heavy (non-hydrogen) atoms. The number of thioether (sulfide) groups is 1. The zero-order valence-electron chi connectivity index (χ0n) is 15.4. The quantitative estimate of drug-likeness (QED) is 0.400. The molecule has 0 spiro atoms. The van der Waals surface area contributed by atoms with Crippen molar-refractivity contribution in [3.63, 3.8) is 0 Å². The number of H-pyrrole nitrogens is 1. The summed E-state index contributed by atoms with van der Waals surface area (Å²) in [7, 11) is 0. The Morgan fingerprint density at radius 2 is 1.93 bits per heavy atom. The number of para-hydroxylation sites is 1. The lowest BCUT2D eigenvalue weighted by Gasteiger charge is -2.14. The number of aryl methyl sites for hydroxylation is 2. The van der Waals surface area contributed by atoms with Crippen LogP contribution in [-0.2, 0) is 17.6 Å². The first-order valence-corrected chi connectivity index (χ1v) is 10.6. The van der Waals surface area contributed by atoms with E-state index in [2.05, 4.69) is 15.3 Å². The number of carbonyl (C=O) groups is 2. The Kier molecular flexibility index (Phi) is 6.15. The Labute approximate surface area is 169 Å². The number of hydrogen-bond donors (Lipinski definition) is 3. The standard InChI is InChI=1S/C19H19N3O4S2/c1-3-10-6-5-7-11(4-2)15(10)20-13(23)9-28-19-21-16(24)14-12(18(25)26)8-27-17(14)22-19/h5-8H,3-4,9H2,1-2H3,(H,20,23)(H,25,26)(H,21,22,24). The molecule has 0 aliphatic carbocycles. The summed E-state index contributed by atoms with van der Waals surface area (Å²) in [5.74, 6) is -1.28. The minimum Gasteiger partial charge on any atom is -0.478 e. The normalized spacial score (nSPS) is 10.9. The molecule has 9 heteroatoms. The van der Waals surface area contributed by atoms with Gasteiger partial charge in [0.25, 0.3) is 5.56 Å². The van der Waals surface area contributed by atoms with E-state index in [4.69, 9.17) is 5.11 Å². The molecule has 146 valence electrons. The summed E-state index contributed by atoms with van der Waals surface area (Å²) in [5.41, 5.74) is 2.41. The minimum absolute atomic E-state index is 0.0636. The van der Waals surface area contributed by atoms with Crippen LogP contribution < -0.4 is 10.9 Å². The van der Waals surface area contributed by atoms with E-state index in [-0.39, 0.29) is 27.8 Å². The van der Waals surface area contributed by atoms with Gasteiger partial charge in [0.15, 0.2) is 5.16 Å². The predicted octanol–water partition coefficient (Wildman–Crippen LogP) is 3.54. The van der Waals surface area contributed by atoms with Crippen LogP contribution >= 0.6 is 23.1 Å². The molecule has 0 aliphatic rings. The molecule has 0 bridgehead atoms. The van der Waals surface area contributed by atoms with Crippen LogP contribution in [-0.4, -0.2) is 32.7 Å². The third-order valence-electron chi connectivity index (χ3n) is 4.26.